The van der Waals surface area contributed by atoms with Gasteiger partial charge in [-0.3, -0.25) is 0 Å². The fourth-order valence-corrected chi connectivity index (χ4v) is 4.87. The first kappa shape index (κ1) is 24.4. The highest BCUT2D eigenvalue weighted by Gasteiger charge is 2.21. The van der Waals surface area contributed by atoms with Gasteiger partial charge in [0.1, 0.15) is 12.0 Å². The van der Waals surface area contributed by atoms with Gasteiger partial charge in [0.05, 0.1) is 11.4 Å². The van der Waals surface area contributed by atoms with Gasteiger partial charge in [-0.2, -0.15) is 0 Å². The number of hydrogen-bond donors (Lipinski definition) is 0. The molecule has 0 amide bonds. The average Bonchev–Trinajstić information content (AvgIpc) is 3.30. The van der Waals surface area contributed by atoms with Crippen molar-refractivity contribution in [3.63, 3.8) is 0 Å². The summed E-state index contributed by atoms with van der Waals surface area (Å²) in [4.78, 5) is 4.49. The minimum Gasteiger partial charge on any atom is -0.467 e. The Balaban J connectivity index is 1.70. The van der Waals surface area contributed by atoms with E-state index in [1.807, 2.05) is 43.5 Å². The van der Waals surface area contributed by atoms with Gasteiger partial charge in [-0.05, 0) is 83.5 Å². The molecule has 4 heteroatoms. The van der Waals surface area contributed by atoms with E-state index in [-0.39, 0.29) is 0 Å². The zero-order valence-corrected chi connectivity index (χ0v) is 22.2. The quantitative estimate of drug-likeness (QED) is 0.180. The molecule has 37 heavy (non-hydrogen) atoms. The van der Waals surface area contributed by atoms with Crippen LogP contribution in [0.4, 0.5) is 34.1 Å². The molecule has 0 radical (unpaired) electrons. The monoisotopic (exact) mass is 546 g/mol. The summed E-state index contributed by atoms with van der Waals surface area (Å²) in [5.41, 5.74) is 7.22. The lowest BCUT2D eigenvalue weighted by atomic mass is 10.1. The normalized spacial score (nSPS) is 11.0. The molecule has 1 aromatic heterocycles. The van der Waals surface area contributed by atoms with Gasteiger partial charge in [0, 0.05) is 32.8 Å². The van der Waals surface area contributed by atoms with E-state index in [0.29, 0.717) is 0 Å². The van der Waals surface area contributed by atoms with E-state index in [2.05, 4.69) is 123 Å². The average molecular weight is 547 g/mol. The van der Waals surface area contributed by atoms with Gasteiger partial charge in [-0.15, -0.1) is 0 Å². The Morgan fingerprint density at radius 3 is 1.81 bits per heavy atom. The van der Waals surface area contributed by atoms with Crippen LogP contribution in [0, 0.1) is 6.92 Å². The number of hydrogen-bond acceptors (Lipinski definition) is 3. The predicted octanol–water partition coefficient (Wildman–Crippen LogP) is 10.5. The third kappa shape index (κ3) is 5.16. The lowest BCUT2D eigenvalue weighted by molar-refractivity contribution is 0.534. The number of allylic oxidation sites excluding steroid dienone is 2. The third-order valence-corrected chi connectivity index (χ3v) is 6.78. The summed E-state index contributed by atoms with van der Waals surface area (Å²) in [6, 6.07) is 37.6. The molecule has 5 aromatic rings. The number of benzene rings is 4. The number of halogens is 1. The van der Waals surface area contributed by atoms with Crippen molar-refractivity contribution in [2.75, 3.05) is 9.80 Å². The molecule has 0 bridgehead atoms. The molecule has 0 spiro atoms. The van der Waals surface area contributed by atoms with Crippen LogP contribution in [0.3, 0.4) is 0 Å². The first-order valence-electron chi connectivity index (χ1n) is 12.1. The molecule has 0 fully saturated rings. The van der Waals surface area contributed by atoms with Crippen molar-refractivity contribution in [3.8, 4) is 0 Å². The number of nitrogens with zero attached hydrogens (tertiary/aromatic N) is 2. The Morgan fingerprint density at radius 2 is 1.22 bits per heavy atom. The van der Waals surface area contributed by atoms with Crippen molar-refractivity contribution in [1.82, 2.24) is 0 Å². The maximum Gasteiger partial charge on any atom is 0.115 e. The van der Waals surface area contributed by atoms with E-state index < -0.39 is 0 Å². The first-order chi connectivity index (χ1) is 18.2. The van der Waals surface area contributed by atoms with Gasteiger partial charge in [-0.25, -0.2) is 0 Å². The molecular formula is C33H27BrN2O. The number of rotatable bonds is 8. The summed E-state index contributed by atoms with van der Waals surface area (Å²) in [5.74, 6) is 0.851. The minimum atomic E-state index is 0.851. The summed E-state index contributed by atoms with van der Waals surface area (Å²) in [6.45, 7) is 5.82. The van der Waals surface area contributed by atoms with Crippen LogP contribution in [0.1, 0.15) is 11.3 Å². The molecule has 0 atom stereocenters. The van der Waals surface area contributed by atoms with Crippen LogP contribution in [0.5, 0.6) is 0 Å². The topological polar surface area (TPSA) is 19.6 Å². The Hall–Kier alpha value is -4.28. The molecule has 4 aromatic carbocycles. The second kappa shape index (κ2) is 11.2. The fourth-order valence-electron chi connectivity index (χ4n) is 4.40. The number of anilines is 6. The highest BCUT2D eigenvalue weighted by atomic mass is 79.9. The molecule has 0 aliphatic carbocycles. The van der Waals surface area contributed by atoms with E-state index in [4.69, 9.17) is 4.42 Å². The summed E-state index contributed by atoms with van der Waals surface area (Å²) >= 11 is 3.77. The molecule has 182 valence electrons. The maximum absolute atomic E-state index is 5.90. The Bertz CT molecular complexity index is 1520. The highest BCUT2D eigenvalue weighted by Crippen LogP contribution is 2.43. The summed E-state index contributed by atoms with van der Waals surface area (Å²) in [5, 5.41) is 0. The van der Waals surface area contributed by atoms with Crippen LogP contribution in [0.25, 0.3) is 6.08 Å². The van der Waals surface area contributed by atoms with Gasteiger partial charge < -0.3 is 14.2 Å². The molecule has 0 saturated carbocycles. The molecule has 3 nitrogen and oxygen atoms in total. The molecule has 0 N–H and O–H groups in total. The molecule has 5 rings (SSSR count). The van der Waals surface area contributed by atoms with Crippen molar-refractivity contribution in [2.45, 2.75) is 6.92 Å². The van der Waals surface area contributed by atoms with Crippen LogP contribution in [0.2, 0.25) is 0 Å². The van der Waals surface area contributed by atoms with Gasteiger partial charge in [0.15, 0.2) is 0 Å². The van der Waals surface area contributed by atoms with E-state index in [9.17, 15) is 0 Å². The minimum absolute atomic E-state index is 0.851. The third-order valence-electron chi connectivity index (χ3n) is 6.11. The van der Waals surface area contributed by atoms with Gasteiger partial charge in [0.25, 0.3) is 0 Å². The van der Waals surface area contributed by atoms with E-state index in [0.717, 1.165) is 49.9 Å². The zero-order chi connectivity index (χ0) is 25.6. The maximum atomic E-state index is 5.90. The number of para-hydroxylation sites is 3. The number of furan rings is 1. The van der Waals surface area contributed by atoms with Crippen LogP contribution in [0.15, 0.2) is 143 Å². The van der Waals surface area contributed by atoms with Crippen molar-refractivity contribution < 1.29 is 4.42 Å². The summed E-state index contributed by atoms with van der Waals surface area (Å²) in [7, 11) is 0. The SMILES string of the molecule is C=C/C=C\c1c(N(c2ccccc2)c2cccc(N(c3ccccc3)c3ccccc3Br)c2)coc1C. The van der Waals surface area contributed by atoms with Gasteiger partial charge in [0.2, 0.25) is 0 Å². The molecule has 1 heterocycles. The first-order valence-corrected chi connectivity index (χ1v) is 12.9. The second-order valence-corrected chi connectivity index (χ2v) is 9.35. The van der Waals surface area contributed by atoms with Crippen molar-refractivity contribution in [2.24, 2.45) is 0 Å². The van der Waals surface area contributed by atoms with Gasteiger partial charge in [-0.1, -0.05) is 73.3 Å². The van der Waals surface area contributed by atoms with Crippen LogP contribution >= 0.6 is 15.9 Å². The van der Waals surface area contributed by atoms with E-state index in [1.165, 1.54) is 0 Å². The van der Waals surface area contributed by atoms with Crippen LogP contribution in [-0.4, -0.2) is 0 Å². The summed E-state index contributed by atoms with van der Waals surface area (Å²) in [6.07, 6.45) is 7.57. The molecule has 0 aliphatic heterocycles. The fraction of sp³-hybridized carbons (Fsp3) is 0.0303. The van der Waals surface area contributed by atoms with E-state index in [1.54, 1.807) is 6.08 Å². The lowest BCUT2D eigenvalue weighted by Gasteiger charge is -2.29. The Kier molecular flexibility index (Phi) is 7.38. The Morgan fingerprint density at radius 1 is 0.676 bits per heavy atom. The molecule has 0 aliphatic rings. The smallest absolute Gasteiger partial charge is 0.115 e. The van der Waals surface area contributed by atoms with Gasteiger partial charge >= 0.3 is 0 Å². The van der Waals surface area contributed by atoms with Crippen LogP contribution < -0.4 is 9.80 Å². The Labute approximate surface area is 226 Å². The number of aryl methyl sites for hydroxylation is 1. The lowest BCUT2D eigenvalue weighted by Crippen LogP contribution is -2.13. The predicted molar refractivity (Wildman–Crippen MR) is 160 cm³/mol. The van der Waals surface area contributed by atoms with E-state index >= 15 is 0 Å². The second-order valence-electron chi connectivity index (χ2n) is 8.50. The summed E-state index contributed by atoms with van der Waals surface area (Å²) < 4.78 is 6.92. The van der Waals surface area contributed by atoms with Crippen molar-refractivity contribution >= 4 is 56.1 Å². The largest absolute Gasteiger partial charge is 0.467 e. The zero-order valence-electron chi connectivity index (χ0n) is 20.6. The van der Waals surface area contributed by atoms with Crippen molar-refractivity contribution in [3.05, 3.63) is 150 Å². The standard InChI is InChI=1S/C33H27BrN2O/c1-3-4-20-30-25(2)37-24-33(30)36(27-16-9-6-10-17-27)29-19-13-18-28(23-29)35(26-14-7-5-8-15-26)32-22-12-11-21-31(32)34/h3-24H,1H2,2H3/b20-4-. The molecule has 0 saturated heterocycles. The highest BCUT2D eigenvalue weighted by molar-refractivity contribution is 9.10. The van der Waals surface area contributed by atoms with Crippen molar-refractivity contribution in [1.29, 1.82) is 0 Å². The van der Waals surface area contributed by atoms with Crippen LogP contribution in [-0.2, 0) is 0 Å². The molecular weight excluding hydrogens is 520 g/mol. The molecule has 0 unspecified atom stereocenters.